The number of hydrogen-bond acceptors (Lipinski definition) is 3. The standard InChI is InChI=1S/C12H17NO2/c1-13-5-4-9(8-13)6-10-2-3-11(14)7-12(10)15/h2-3,7,9,14-15H,4-6,8H2,1H3. The number of rotatable bonds is 2. The van der Waals surface area contributed by atoms with Crippen LogP contribution in [0.25, 0.3) is 0 Å². The molecule has 0 amide bonds. The van der Waals surface area contributed by atoms with Crippen LogP contribution in [0.2, 0.25) is 0 Å². The van der Waals surface area contributed by atoms with E-state index in [0.29, 0.717) is 5.92 Å². The van der Waals surface area contributed by atoms with Gasteiger partial charge < -0.3 is 15.1 Å². The van der Waals surface area contributed by atoms with Gasteiger partial charge in [-0.3, -0.25) is 0 Å². The summed E-state index contributed by atoms with van der Waals surface area (Å²) in [6, 6.07) is 4.85. The van der Waals surface area contributed by atoms with Crippen molar-refractivity contribution >= 4 is 0 Å². The molecule has 1 fully saturated rings. The van der Waals surface area contributed by atoms with Crippen LogP contribution in [-0.2, 0) is 6.42 Å². The minimum absolute atomic E-state index is 0.125. The minimum atomic E-state index is 0.125. The lowest BCUT2D eigenvalue weighted by atomic mass is 9.98. The summed E-state index contributed by atoms with van der Waals surface area (Å²) in [5.74, 6) is 0.967. The first-order valence-corrected chi connectivity index (χ1v) is 5.34. The Bertz CT molecular complexity index is 351. The molecule has 2 N–H and O–H groups in total. The Hall–Kier alpha value is -1.22. The summed E-state index contributed by atoms with van der Waals surface area (Å²) in [6.45, 7) is 2.24. The molecular formula is C12H17NO2. The number of hydrogen-bond donors (Lipinski definition) is 2. The van der Waals surface area contributed by atoms with Crippen LogP contribution in [0.4, 0.5) is 0 Å². The Morgan fingerprint density at radius 2 is 2.20 bits per heavy atom. The Balaban J connectivity index is 2.04. The van der Waals surface area contributed by atoms with Crippen molar-refractivity contribution in [1.82, 2.24) is 4.90 Å². The Labute approximate surface area is 90.0 Å². The molecule has 0 spiro atoms. The van der Waals surface area contributed by atoms with Gasteiger partial charge in [0.1, 0.15) is 11.5 Å². The smallest absolute Gasteiger partial charge is 0.122 e. The SMILES string of the molecule is CN1CCC(Cc2ccc(O)cc2O)C1. The van der Waals surface area contributed by atoms with Crippen LogP contribution < -0.4 is 0 Å². The molecule has 1 atom stereocenters. The van der Waals surface area contributed by atoms with Crippen molar-refractivity contribution < 1.29 is 10.2 Å². The first kappa shape index (κ1) is 10.3. The molecule has 0 bridgehead atoms. The highest BCUT2D eigenvalue weighted by atomic mass is 16.3. The van der Waals surface area contributed by atoms with E-state index in [-0.39, 0.29) is 11.5 Å². The van der Waals surface area contributed by atoms with Crippen molar-refractivity contribution in [2.45, 2.75) is 12.8 Å². The molecule has 0 radical (unpaired) electrons. The van der Waals surface area contributed by atoms with Crippen molar-refractivity contribution in [2.75, 3.05) is 20.1 Å². The highest BCUT2D eigenvalue weighted by molar-refractivity contribution is 5.39. The van der Waals surface area contributed by atoms with Gasteiger partial charge in [-0.1, -0.05) is 6.07 Å². The van der Waals surface area contributed by atoms with Crippen LogP contribution in [0.3, 0.4) is 0 Å². The molecule has 1 heterocycles. The predicted molar refractivity (Wildman–Crippen MR) is 59.1 cm³/mol. The van der Waals surface area contributed by atoms with Gasteiger partial charge >= 0.3 is 0 Å². The summed E-state index contributed by atoms with van der Waals surface area (Å²) in [7, 11) is 2.12. The summed E-state index contributed by atoms with van der Waals surface area (Å²) in [4.78, 5) is 2.31. The summed E-state index contributed by atoms with van der Waals surface area (Å²) in [5, 5.41) is 18.8. The van der Waals surface area contributed by atoms with E-state index in [1.165, 1.54) is 12.5 Å². The van der Waals surface area contributed by atoms with Gasteiger partial charge in [0, 0.05) is 12.6 Å². The van der Waals surface area contributed by atoms with Crippen molar-refractivity contribution in [3.8, 4) is 11.5 Å². The van der Waals surface area contributed by atoms with Gasteiger partial charge in [-0.2, -0.15) is 0 Å². The highest BCUT2D eigenvalue weighted by Gasteiger charge is 2.20. The third-order valence-corrected chi connectivity index (χ3v) is 3.07. The molecular weight excluding hydrogens is 190 g/mol. The average molecular weight is 207 g/mol. The Morgan fingerprint density at radius 1 is 1.40 bits per heavy atom. The molecule has 15 heavy (non-hydrogen) atoms. The zero-order valence-corrected chi connectivity index (χ0v) is 8.98. The van der Waals surface area contributed by atoms with Gasteiger partial charge in [0.05, 0.1) is 0 Å². The highest BCUT2D eigenvalue weighted by Crippen LogP contribution is 2.27. The van der Waals surface area contributed by atoms with Crippen LogP contribution in [0.15, 0.2) is 18.2 Å². The quantitative estimate of drug-likeness (QED) is 0.774. The molecule has 0 saturated carbocycles. The number of nitrogens with zero attached hydrogens (tertiary/aromatic N) is 1. The third-order valence-electron chi connectivity index (χ3n) is 3.07. The van der Waals surface area contributed by atoms with Crippen LogP contribution >= 0.6 is 0 Å². The van der Waals surface area contributed by atoms with Crippen molar-refractivity contribution in [1.29, 1.82) is 0 Å². The maximum atomic E-state index is 9.64. The molecule has 82 valence electrons. The first-order chi connectivity index (χ1) is 7.15. The number of likely N-dealkylation sites (tertiary alicyclic amines) is 1. The van der Waals surface area contributed by atoms with E-state index < -0.39 is 0 Å². The number of aromatic hydroxyl groups is 2. The van der Waals surface area contributed by atoms with Crippen LogP contribution in [0.5, 0.6) is 11.5 Å². The molecule has 1 aromatic rings. The lowest BCUT2D eigenvalue weighted by Crippen LogP contribution is -2.14. The number of phenols is 2. The fraction of sp³-hybridized carbons (Fsp3) is 0.500. The van der Waals surface area contributed by atoms with E-state index in [2.05, 4.69) is 11.9 Å². The monoisotopic (exact) mass is 207 g/mol. The van der Waals surface area contributed by atoms with E-state index in [9.17, 15) is 10.2 Å². The van der Waals surface area contributed by atoms with Gasteiger partial charge in [-0.15, -0.1) is 0 Å². The summed E-state index contributed by atoms with van der Waals surface area (Å²) in [5.41, 5.74) is 0.938. The fourth-order valence-corrected chi connectivity index (χ4v) is 2.23. The third kappa shape index (κ3) is 2.42. The minimum Gasteiger partial charge on any atom is -0.508 e. The molecule has 0 aromatic heterocycles. The van der Waals surface area contributed by atoms with Crippen molar-refractivity contribution in [3.05, 3.63) is 23.8 Å². The molecule has 3 heteroatoms. The Morgan fingerprint density at radius 3 is 2.80 bits per heavy atom. The molecule has 0 aliphatic carbocycles. The zero-order valence-electron chi connectivity index (χ0n) is 8.98. The van der Waals surface area contributed by atoms with Crippen LogP contribution in [0.1, 0.15) is 12.0 Å². The van der Waals surface area contributed by atoms with Crippen molar-refractivity contribution in [3.63, 3.8) is 0 Å². The normalized spacial score (nSPS) is 22.1. The maximum absolute atomic E-state index is 9.64. The van der Waals surface area contributed by atoms with Gasteiger partial charge in [-0.05, 0) is 44.0 Å². The number of benzene rings is 1. The lowest BCUT2D eigenvalue weighted by molar-refractivity contribution is 0.391. The first-order valence-electron chi connectivity index (χ1n) is 5.34. The summed E-state index contributed by atoms with van der Waals surface area (Å²) >= 11 is 0. The fourth-order valence-electron chi connectivity index (χ4n) is 2.23. The maximum Gasteiger partial charge on any atom is 0.122 e. The van der Waals surface area contributed by atoms with E-state index in [0.717, 1.165) is 25.1 Å². The van der Waals surface area contributed by atoms with E-state index in [1.54, 1.807) is 6.07 Å². The topological polar surface area (TPSA) is 43.7 Å². The summed E-state index contributed by atoms with van der Waals surface area (Å²) in [6.07, 6.45) is 2.09. The van der Waals surface area contributed by atoms with Crippen LogP contribution in [-0.4, -0.2) is 35.3 Å². The van der Waals surface area contributed by atoms with Gasteiger partial charge in [-0.25, -0.2) is 0 Å². The van der Waals surface area contributed by atoms with Crippen LogP contribution in [0, 0.1) is 5.92 Å². The average Bonchev–Trinajstić information content (AvgIpc) is 2.56. The van der Waals surface area contributed by atoms with Gasteiger partial charge in [0.25, 0.3) is 0 Å². The molecule has 3 nitrogen and oxygen atoms in total. The van der Waals surface area contributed by atoms with E-state index in [1.807, 2.05) is 6.07 Å². The molecule has 1 aliphatic rings. The second-order valence-corrected chi connectivity index (χ2v) is 4.43. The van der Waals surface area contributed by atoms with Gasteiger partial charge in [0.15, 0.2) is 0 Å². The predicted octanol–water partition coefficient (Wildman–Crippen LogP) is 1.59. The van der Waals surface area contributed by atoms with Gasteiger partial charge in [0.2, 0.25) is 0 Å². The molecule has 2 rings (SSSR count). The van der Waals surface area contributed by atoms with E-state index in [4.69, 9.17) is 0 Å². The van der Waals surface area contributed by atoms with E-state index >= 15 is 0 Å². The molecule has 1 saturated heterocycles. The Kier molecular flexibility index (Phi) is 2.82. The molecule has 1 aliphatic heterocycles. The van der Waals surface area contributed by atoms with Crippen molar-refractivity contribution in [2.24, 2.45) is 5.92 Å². The molecule has 1 aromatic carbocycles. The number of phenolic OH excluding ortho intramolecular Hbond substituents is 2. The zero-order chi connectivity index (χ0) is 10.8. The second-order valence-electron chi connectivity index (χ2n) is 4.43. The second kappa shape index (κ2) is 4.11. The summed E-state index contributed by atoms with van der Waals surface area (Å²) < 4.78 is 0. The largest absolute Gasteiger partial charge is 0.508 e. The lowest BCUT2D eigenvalue weighted by Gasteiger charge is -2.11. The molecule has 1 unspecified atom stereocenters.